The molecule has 1 amide bonds. The number of hydrogen-bond acceptors (Lipinski definition) is 7. The van der Waals surface area contributed by atoms with Gasteiger partial charge in [-0.1, -0.05) is 77.8 Å². The van der Waals surface area contributed by atoms with Crippen LogP contribution in [0.3, 0.4) is 0 Å². The van der Waals surface area contributed by atoms with E-state index in [-0.39, 0.29) is 19.8 Å². The molecule has 0 aliphatic carbocycles. The number of benzene rings is 4. The first-order valence-corrected chi connectivity index (χ1v) is 15.5. The highest BCUT2D eigenvalue weighted by atomic mass is 35.5. The van der Waals surface area contributed by atoms with Crippen molar-refractivity contribution in [2.75, 3.05) is 13.2 Å². The van der Waals surface area contributed by atoms with Crippen LogP contribution < -0.4 is 25.5 Å². The van der Waals surface area contributed by atoms with Crippen molar-refractivity contribution in [2.24, 2.45) is 5.10 Å². The number of ether oxygens (including phenoxy) is 3. The number of esters is 1. The molecule has 1 atom stereocenters. The van der Waals surface area contributed by atoms with Crippen molar-refractivity contribution in [2.45, 2.75) is 26.5 Å². The van der Waals surface area contributed by atoms with Gasteiger partial charge >= 0.3 is 5.97 Å². The fourth-order valence-electron chi connectivity index (χ4n) is 4.93. The molecule has 0 saturated carbocycles. The fourth-order valence-corrected chi connectivity index (χ4v) is 5.66. The summed E-state index contributed by atoms with van der Waals surface area (Å²) in [7, 11) is 0. The largest absolute Gasteiger partial charge is 0.488 e. The Morgan fingerprint density at radius 1 is 1.00 bits per heavy atom. The molecule has 0 fully saturated rings. The number of halogens is 2. The molecule has 0 unspecified atom stereocenters. The lowest BCUT2D eigenvalue weighted by atomic mass is 9.95. The van der Waals surface area contributed by atoms with Crippen molar-refractivity contribution in [3.63, 3.8) is 0 Å². The number of rotatable bonds is 11. The molecule has 4 aromatic carbocycles. The molecule has 0 spiro atoms. The Morgan fingerprint density at radius 3 is 2.59 bits per heavy atom. The van der Waals surface area contributed by atoms with Gasteiger partial charge in [0.2, 0.25) is 0 Å². The third-order valence-electron chi connectivity index (χ3n) is 7.07. The number of hydrazone groups is 1. The van der Waals surface area contributed by atoms with E-state index < -0.39 is 17.9 Å². The van der Waals surface area contributed by atoms with Crippen LogP contribution in [0.2, 0.25) is 10.0 Å². The van der Waals surface area contributed by atoms with E-state index in [1.807, 2.05) is 48.5 Å². The molecule has 46 heavy (non-hydrogen) atoms. The summed E-state index contributed by atoms with van der Waals surface area (Å²) in [5, 5.41) is 13.5. The van der Waals surface area contributed by atoms with Gasteiger partial charge in [0, 0.05) is 32.4 Å². The summed E-state index contributed by atoms with van der Waals surface area (Å²) in [6.45, 7) is 3.57. The van der Waals surface area contributed by atoms with E-state index in [0.29, 0.717) is 49.1 Å². The maximum Gasteiger partial charge on any atom is 0.338 e. The molecule has 0 saturated heterocycles. The van der Waals surface area contributed by atoms with E-state index in [1.165, 1.54) is 6.21 Å². The van der Waals surface area contributed by atoms with Crippen LogP contribution in [0, 0.1) is 0 Å². The van der Waals surface area contributed by atoms with Gasteiger partial charge in [-0.25, -0.2) is 10.2 Å². The minimum atomic E-state index is -0.641. The molecular weight excluding hydrogens is 647 g/mol. The van der Waals surface area contributed by atoms with Gasteiger partial charge in [-0.15, -0.1) is 0 Å². The minimum Gasteiger partial charge on any atom is -0.488 e. The van der Waals surface area contributed by atoms with Gasteiger partial charge in [-0.3, -0.25) is 4.79 Å². The average Bonchev–Trinajstić information content (AvgIpc) is 3.03. The summed E-state index contributed by atoms with van der Waals surface area (Å²) in [5.41, 5.74) is 5.53. The van der Waals surface area contributed by atoms with E-state index >= 15 is 0 Å². The third kappa shape index (κ3) is 7.77. The monoisotopic (exact) mass is 676 g/mol. The van der Waals surface area contributed by atoms with Crippen LogP contribution in [-0.4, -0.2) is 36.4 Å². The molecule has 9 nitrogen and oxygen atoms in total. The molecule has 5 rings (SSSR count). The Hall–Kier alpha value is -4.64. The molecule has 0 aromatic heterocycles. The third-order valence-corrected chi connectivity index (χ3v) is 7.87. The molecule has 236 valence electrons. The lowest BCUT2D eigenvalue weighted by Crippen LogP contribution is -2.45. The number of hydrogen-bond donors (Lipinski definition) is 3. The normalized spacial score (nSPS) is 14.5. The molecule has 12 heteroatoms. The van der Waals surface area contributed by atoms with E-state index in [4.69, 9.17) is 49.6 Å². The highest BCUT2D eigenvalue weighted by Crippen LogP contribution is 2.34. The molecule has 3 N–H and O–H groups in total. The number of carbonyl (C=O) groups excluding carboxylic acids is 2. The lowest BCUT2D eigenvalue weighted by molar-refractivity contribution is -0.139. The Labute approximate surface area is 281 Å². The summed E-state index contributed by atoms with van der Waals surface area (Å²) < 4.78 is 17.3. The van der Waals surface area contributed by atoms with Crippen LogP contribution in [0.5, 0.6) is 11.5 Å². The summed E-state index contributed by atoms with van der Waals surface area (Å²) in [4.78, 5) is 25.7. The van der Waals surface area contributed by atoms with E-state index in [0.717, 1.165) is 16.3 Å². The van der Waals surface area contributed by atoms with Crippen LogP contribution in [0.4, 0.5) is 0 Å². The fraction of sp³-hybridized carbons (Fsp3) is 0.176. The molecule has 0 radical (unpaired) electrons. The smallest absolute Gasteiger partial charge is 0.338 e. The first kappa shape index (κ1) is 32.7. The standard InChI is InChI=1S/C34H30Cl2N4O5S/c1-3-43-33(42)31-20(2)38-34(46)39-32(31)25-10-6-7-11-28(25)45-19-30(41)40-37-17-26-24-9-5-4-8-21(24)13-15-29(26)44-18-22-12-14-23(35)16-27(22)36/h4-17,32H,3,18-19H2,1-2H3,(H,40,41)(H2,38,39,46)/t32-/m0/s1. The van der Waals surface area contributed by atoms with E-state index in [1.54, 1.807) is 44.2 Å². The van der Waals surface area contributed by atoms with Gasteiger partial charge < -0.3 is 24.8 Å². The van der Waals surface area contributed by atoms with Crippen LogP contribution in [0.25, 0.3) is 10.8 Å². The van der Waals surface area contributed by atoms with Crippen molar-refractivity contribution >= 4 is 69.4 Å². The Kier molecular flexibility index (Phi) is 10.7. The van der Waals surface area contributed by atoms with Crippen LogP contribution in [0.1, 0.15) is 36.6 Å². The summed E-state index contributed by atoms with van der Waals surface area (Å²) in [5.74, 6) is -0.0275. The predicted octanol–water partition coefficient (Wildman–Crippen LogP) is 6.61. The van der Waals surface area contributed by atoms with Crippen LogP contribution >= 0.6 is 35.4 Å². The number of nitrogens with zero attached hydrogens (tertiary/aromatic N) is 1. The topological polar surface area (TPSA) is 110 Å². The SMILES string of the molecule is CCOC(=O)C1=C(C)NC(=S)N[C@H]1c1ccccc1OCC(=O)NN=Cc1c(OCc2ccc(Cl)cc2Cl)ccc2ccccc12. The molecule has 1 heterocycles. The first-order chi connectivity index (χ1) is 22.2. The summed E-state index contributed by atoms with van der Waals surface area (Å²) in [6.07, 6.45) is 1.53. The van der Waals surface area contributed by atoms with Crippen LogP contribution in [0.15, 0.2) is 95.2 Å². The van der Waals surface area contributed by atoms with E-state index in [9.17, 15) is 9.59 Å². The number of amides is 1. The highest BCUT2D eigenvalue weighted by molar-refractivity contribution is 7.80. The maximum absolute atomic E-state index is 12.8. The number of fused-ring (bicyclic) bond motifs is 1. The lowest BCUT2D eigenvalue weighted by Gasteiger charge is -2.30. The molecule has 1 aliphatic heterocycles. The highest BCUT2D eigenvalue weighted by Gasteiger charge is 2.32. The van der Waals surface area contributed by atoms with Crippen molar-refractivity contribution in [3.05, 3.63) is 117 Å². The maximum atomic E-state index is 12.8. The zero-order chi connectivity index (χ0) is 32.6. The molecule has 1 aliphatic rings. The molecular formula is C34H30Cl2N4O5S. The second kappa shape index (κ2) is 15.1. The Balaban J connectivity index is 1.30. The number of para-hydroxylation sites is 1. The first-order valence-electron chi connectivity index (χ1n) is 14.3. The Bertz CT molecular complexity index is 1860. The summed E-state index contributed by atoms with van der Waals surface area (Å²) in [6, 6.07) is 23.2. The zero-order valence-electron chi connectivity index (χ0n) is 24.9. The van der Waals surface area contributed by atoms with Gasteiger partial charge in [-0.2, -0.15) is 5.10 Å². The van der Waals surface area contributed by atoms with Crippen molar-refractivity contribution in [1.82, 2.24) is 16.1 Å². The number of nitrogens with one attached hydrogen (secondary N) is 3. The predicted molar refractivity (Wildman–Crippen MR) is 183 cm³/mol. The van der Waals surface area contributed by atoms with Crippen LogP contribution in [-0.2, 0) is 20.9 Å². The number of carbonyl (C=O) groups is 2. The van der Waals surface area contributed by atoms with Gasteiger partial charge in [0.15, 0.2) is 11.7 Å². The summed E-state index contributed by atoms with van der Waals surface area (Å²) >= 11 is 17.7. The van der Waals surface area contributed by atoms with E-state index in [2.05, 4.69) is 21.2 Å². The quantitative estimate of drug-likeness (QED) is 0.0705. The van der Waals surface area contributed by atoms with Crippen molar-refractivity contribution in [1.29, 1.82) is 0 Å². The zero-order valence-corrected chi connectivity index (χ0v) is 27.3. The Morgan fingerprint density at radius 2 is 1.78 bits per heavy atom. The van der Waals surface area contributed by atoms with Gasteiger partial charge in [0.1, 0.15) is 18.1 Å². The second-order valence-corrected chi connectivity index (χ2v) is 11.4. The van der Waals surface area contributed by atoms with Gasteiger partial charge in [0.25, 0.3) is 5.91 Å². The van der Waals surface area contributed by atoms with Crippen molar-refractivity contribution in [3.8, 4) is 11.5 Å². The average molecular weight is 678 g/mol. The van der Waals surface area contributed by atoms with Crippen molar-refractivity contribution < 1.29 is 23.8 Å². The molecule has 0 bridgehead atoms. The number of allylic oxidation sites excluding steroid dienone is 1. The minimum absolute atomic E-state index is 0.206. The van der Waals surface area contributed by atoms with Gasteiger partial charge in [-0.05, 0) is 61.1 Å². The second-order valence-electron chi connectivity index (χ2n) is 10.1. The number of thiocarbonyl (C=S) groups is 1. The molecule has 4 aromatic rings. The van der Waals surface area contributed by atoms with Gasteiger partial charge in [0.05, 0.1) is 24.4 Å².